The van der Waals surface area contributed by atoms with E-state index in [1.54, 1.807) is 0 Å². The molecular formula is C17H20N4. The van der Waals surface area contributed by atoms with Gasteiger partial charge in [0.2, 0.25) is 0 Å². The number of hydrogen-bond acceptors (Lipinski definition) is 3. The van der Waals surface area contributed by atoms with Gasteiger partial charge in [-0.1, -0.05) is 19.9 Å². The van der Waals surface area contributed by atoms with Gasteiger partial charge in [-0.15, -0.1) is 0 Å². The zero-order chi connectivity index (χ0) is 14.8. The van der Waals surface area contributed by atoms with Crippen molar-refractivity contribution in [1.29, 1.82) is 0 Å². The summed E-state index contributed by atoms with van der Waals surface area (Å²) in [5.74, 6) is 0. The summed E-state index contributed by atoms with van der Waals surface area (Å²) in [6.45, 7) is 5.02. The fraction of sp³-hybridized carbons (Fsp3) is 0.294. The van der Waals surface area contributed by atoms with Crippen LogP contribution in [0, 0.1) is 0 Å². The molecule has 0 amide bonds. The molecule has 108 valence electrons. The van der Waals surface area contributed by atoms with Gasteiger partial charge in [0, 0.05) is 23.0 Å². The lowest BCUT2D eigenvalue weighted by molar-refractivity contribution is 0.642. The summed E-state index contributed by atoms with van der Waals surface area (Å²) in [4.78, 5) is 4.50. The first-order valence-electron chi connectivity index (χ1n) is 7.40. The zero-order valence-corrected chi connectivity index (χ0v) is 12.5. The third-order valence-corrected chi connectivity index (χ3v) is 3.85. The normalized spacial score (nSPS) is 11.1. The maximum atomic E-state index is 6.04. The van der Waals surface area contributed by atoms with Gasteiger partial charge in [0.15, 0.2) is 0 Å². The Kier molecular flexibility index (Phi) is 3.60. The predicted molar refractivity (Wildman–Crippen MR) is 86.2 cm³/mol. The van der Waals surface area contributed by atoms with E-state index >= 15 is 0 Å². The summed E-state index contributed by atoms with van der Waals surface area (Å²) in [7, 11) is 0. The van der Waals surface area contributed by atoms with E-state index in [0.29, 0.717) is 0 Å². The Morgan fingerprint density at radius 1 is 1.14 bits per heavy atom. The fourth-order valence-electron chi connectivity index (χ4n) is 2.65. The molecule has 0 bridgehead atoms. The summed E-state index contributed by atoms with van der Waals surface area (Å²) in [5.41, 5.74) is 11.3. The lowest BCUT2D eigenvalue weighted by Crippen LogP contribution is -2.07. The molecule has 2 heterocycles. The van der Waals surface area contributed by atoms with Crippen molar-refractivity contribution in [3.8, 4) is 0 Å². The van der Waals surface area contributed by atoms with Gasteiger partial charge in [-0.05, 0) is 42.7 Å². The number of aromatic nitrogens is 3. The zero-order valence-electron chi connectivity index (χ0n) is 12.5. The first-order valence-corrected chi connectivity index (χ1v) is 7.40. The molecule has 1 aromatic carbocycles. The number of nitrogens with two attached hydrogens (primary N) is 1. The molecule has 0 aliphatic rings. The second kappa shape index (κ2) is 5.56. The molecule has 2 aromatic heterocycles. The van der Waals surface area contributed by atoms with Crippen LogP contribution in [0.15, 0.2) is 36.5 Å². The van der Waals surface area contributed by atoms with Crippen LogP contribution >= 0.6 is 0 Å². The molecule has 3 rings (SSSR count). The molecule has 4 heteroatoms. The van der Waals surface area contributed by atoms with E-state index in [1.165, 1.54) is 5.69 Å². The van der Waals surface area contributed by atoms with Crippen LogP contribution in [-0.2, 0) is 19.4 Å². The number of benzene rings is 1. The molecular weight excluding hydrogens is 260 g/mol. The van der Waals surface area contributed by atoms with Crippen LogP contribution in [-0.4, -0.2) is 14.8 Å². The molecule has 3 aromatic rings. The number of anilines is 1. The van der Waals surface area contributed by atoms with E-state index < -0.39 is 0 Å². The summed E-state index contributed by atoms with van der Waals surface area (Å²) < 4.78 is 2.08. The van der Waals surface area contributed by atoms with Gasteiger partial charge in [0.05, 0.1) is 17.8 Å². The van der Waals surface area contributed by atoms with Crippen LogP contribution in [0.5, 0.6) is 0 Å². The van der Waals surface area contributed by atoms with Crippen molar-refractivity contribution in [1.82, 2.24) is 14.8 Å². The lowest BCUT2D eigenvalue weighted by Gasteiger charge is -2.10. The first-order chi connectivity index (χ1) is 10.2. The minimum Gasteiger partial charge on any atom is -0.398 e. The maximum Gasteiger partial charge on any atom is 0.0773 e. The number of hydrogen-bond donors (Lipinski definition) is 1. The van der Waals surface area contributed by atoms with E-state index in [-0.39, 0.29) is 0 Å². The van der Waals surface area contributed by atoms with E-state index in [9.17, 15) is 0 Å². The number of aryl methyl sites for hydroxylation is 2. The molecule has 0 radical (unpaired) electrons. The molecule has 0 saturated heterocycles. The topological polar surface area (TPSA) is 56.7 Å². The molecule has 0 atom stereocenters. The number of nitrogen functional groups attached to an aromatic ring is 1. The SMILES string of the molecule is CCc1cc(CC)n(Cc2ccc(N)c3cccnc23)n1. The summed E-state index contributed by atoms with van der Waals surface area (Å²) in [5, 5.41) is 5.69. The fourth-order valence-corrected chi connectivity index (χ4v) is 2.65. The number of pyridine rings is 1. The standard InChI is InChI=1S/C17H20N4/c1-3-13-10-14(4-2)21(20-13)11-12-7-8-16(18)15-6-5-9-19-17(12)15/h5-10H,3-4,11,18H2,1-2H3. The molecule has 0 fully saturated rings. The number of nitrogens with zero attached hydrogens (tertiary/aromatic N) is 3. The van der Waals surface area contributed by atoms with Crippen molar-refractivity contribution < 1.29 is 0 Å². The van der Waals surface area contributed by atoms with Crippen molar-refractivity contribution in [2.75, 3.05) is 5.73 Å². The Bertz CT molecular complexity index is 774. The van der Waals surface area contributed by atoms with Crippen LogP contribution in [0.4, 0.5) is 5.69 Å². The average molecular weight is 280 g/mol. The van der Waals surface area contributed by atoms with Gasteiger partial charge < -0.3 is 5.73 Å². The van der Waals surface area contributed by atoms with Crippen molar-refractivity contribution in [3.05, 3.63) is 53.5 Å². The van der Waals surface area contributed by atoms with Crippen molar-refractivity contribution >= 4 is 16.6 Å². The van der Waals surface area contributed by atoms with Gasteiger partial charge in [0.1, 0.15) is 0 Å². The van der Waals surface area contributed by atoms with Crippen molar-refractivity contribution in [3.63, 3.8) is 0 Å². The van der Waals surface area contributed by atoms with Crippen LogP contribution in [0.2, 0.25) is 0 Å². The Balaban J connectivity index is 2.06. The van der Waals surface area contributed by atoms with E-state index in [2.05, 4.69) is 40.7 Å². The third-order valence-electron chi connectivity index (χ3n) is 3.85. The number of fused-ring (bicyclic) bond motifs is 1. The smallest absolute Gasteiger partial charge is 0.0773 e. The Morgan fingerprint density at radius 2 is 2.00 bits per heavy atom. The Morgan fingerprint density at radius 3 is 2.76 bits per heavy atom. The van der Waals surface area contributed by atoms with Crippen LogP contribution in [0.25, 0.3) is 10.9 Å². The molecule has 0 unspecified atom stereocenters. The predicted octanol–water partition coefficient (Wildman–Crippen LogP) is 3.19. The van der Waals surface area contributed by atoms with Crippen LogP contribution in [0.1, 0.15) is 30.8 Å². The molecule has 4 nitrogen and oxygen atoms in total. The Labute approximate surface area is 124 Å². The second-order valence-corrected chi connectivity index (χ2v) is 5.21. The summed E-state index contributed by atoms with van der Waals surface area (Å²) in [6.07, 6.45) is 3.75. The molecule has 2 N–H and O–H groups in total. The van der Waals surface area contributed by atoms with Crippen LogP contribution < -0.4 is 5.73 Å². The minimum absolute atomic E-state index is 0.733. The largest absolute Gasteiger partial charge is 0.398 e. The van der Waals surface area contributed by atoms with Crippen molar-refractivity contribution in [2.24, 2.45) is 0 Å². The number of rotatable bonds is 4. The van der Waals surface area contributed by atoms with Crippen molar-refractivity contribution in [2.45, 2.75) is 33.2 Å². The highest BCUT2D eigenvalue weighted by molar-refractivity contribution is 5.92. The maximum absolute atomic E-state index is 6.04. The second-order valence-electron chi connectivity index (χ2n) is 5.21. The monoisotopic (exact) mass is 280 g/mol. The molecule has 21 heavy (non-hydrogen) atoms. The van der Waals surface area contributed by atoms with E-state index in [0.717, 1.165) is 47.2 Å². The highest BCUT2D eigenvalue weighted by atomic mass is 15.3. The first kappa shape index (κ1) is 13.6. The van der Waals surface area contributed by atoms with Gasteiger partial charge in [-0.25, -0.2) is 0 Å². The highest BCUT2D eigenvalue weighted by Gasteiger charge is 2.10. The summed E-state index contributed by atoms with van der Waals surface area (Å²) in [6, 6.07) is 10.1. The average Bonchev–Trinajstić information content (AvgIpc) is 2.92. The molecule has 0 saturated carbocycles. The third kappa shape index (κ3) is 2.49. The minimum atomic E-state index is 0.733. The van der Waals surface area contributed by atoms with Gasteiger partial charge in [0.25, 0.3) is 0 Å². The molecule has 0 aliphatic carbocycles. The quantitative estimate of drug-likeness (QED) is 0.747. The van der Waals surface area contributed by atoms with Gasteiger partial charge in [-0.2, -0.15) is 5.10 Å². The lowest BCUT2D eigenvalue weighted by atomic mass is 10.1. The highest BCUT2D eigenvalue weighted by Crippen LogP contribution is 2.23. The van der Waals surface area contributed by atoms with E-state index in [4.69, 9.17) is 5.73 Å². The van der Waals surface area contributed by atoms with Gasteiger partial charge >= 0.3 is 0 Å². The molecule has 0 aliphatic heterocycles. The molecule has 0 spiro atoms. The van der Waals surface area contributed by atoms with Gasteiger partial charge in [-0.3, -0.25) is 9.67 Å². The summed E-state index contributed by atoms with van der Waals surface area (Å²) >= 11 is 0. The van der Waals surface area contributed by atoms with E-state index in [1.807, 2.05) is 24.4 Å². The van der Waals surface area contributed by atoms with Crippen LogP contribution in [0.3, 0.4) is 0 Å². The Hall–Kier alpha value is -2.36.